The first-order chi connectivity index (χ1) is 15.8. The van der Waals surface area contributed by atoms with E-state index in [1.54, 1.807) is 55.4 Å². The molecule has 33 heavy (non-hydrogen) atoms. The highest BCUT2D eigenvalue weighted by Gasteiger charge is 2.29. The SMILES string of the molecule is CN(C)C=C(C#N)C(=O)c1cc2c(N3CCOCC3)cccc2n1S(=O)(=O)c1ccccc1. The maximum Gasteiger partial charge on any atom is 0.268 e. The molecule has 0 amide bonds. The van der Waals surface area contributed by atoms with Crippen LogP contribution in [-0.4, -0.2) is 63.5 Å². The first-order valence-corrected chi connectivity index (χ1v) is 11.9. The molecular formula is C24H24N4O4S. The average Bonchev–Trinajstić information content (AvgIpc) is 3.23. The molecule has 0 N–H and O–H groups in total. The monoisotopic (exact) mass is 464 g/mol. The largest absolute Gasteiger partial charge is 0.382 e. The minimum atomic E-state index is -4.11. The van der Waals surface area contributed by atoms with Gasteiger partial charge in [0.1, 0.15) is 17.3 Å². The van der Waals surface area contributed by atoms with Crippen LogP contribution in [0, 0.1) is 11.3 Å². The summed E-state index contributed by atoms with van der Waals surface area (Å²) in [5.41, 5.74) is 0.972. The van der Waals surface area contributed by atoms with Gasteiger partial charge in [-0.3, -0.25) is 4.79 Å². The minimum Gasteiger partial charge on any atom is -0.382 e. The van der Waals surface area contributed by atoms with E-state index in [-0.39, 0.29) is 16.2 Å². The number of anilines is 1. The van der Waals surface area contributed by atoms with Gasteiger partial charge < -0.3 is 14.5 Å². The van der Waals surface area contributed by atoms with Crippen molar-refractivity contribution in [2.75, 3.05) is 45.3 Å². The van der Waals surface area contributed by atoms with Crippen LogP contribution in [0.5, 0.6) is 0 Å². The molecule has 0 bridgehead atoms. The highest BCUT2D eigenvalue weighted by atomic mass is 32.2. The van der Waals surface area contributed by atoms with Crippen molar-refractivity contribution < 1.29 is 17.9 Å². The summed E-state index contributed by atoms with van der Waals surface area (Å²) in [4.78, 5) is 17.2. The van der Waals surface area contributed by atoms with Gasteiger partial charge >= 0.3 is 0 Å². The summed E-state index contributed by atoms with van der Waals surface area (Å²) in [6.07, 6.45) is 1.39. The molecule has 3 aromatic rings. The fourth-order valence-corrected chi connectivity index (χ4v) is 5.44. The van der Waals surface area contributed by atoms with Crippen molar-refractivity contribution in [3.63, 3.8) is 0 Å². The molecule has 0 saturated carbocycles. The number of allylic oxidation sites excluding steroid dienone is 1. The van der Waals surface area contributed by atoms with Crippen LogP contribution in [-0.2, 0) is 14.8 Å². The normalized spacial score (nSPS) is 14.8. The highest BCUT2D eigenvalue weighted by molar-refractivity contribution is 7.90. The van der Waals surface area contributed by atoms with Crippen molar-refractivity contribution in [1.29, 1.82) is 5.26 Å². The number of nitrogens with zero attached hydrogens (tertiary/aromatic N) is 4. The van der Waals surface area contributed by atoms with Crippen molar-refractivity contribution in [1.82, 2.24) is 8.87 Å². The van der Waals surface area contributed by atoms with Gasteiger partial charge in [-0.2, -0.15) is 5.26 Å². The lowest BCUT2D eigenvalue weighted by molar-refractivity contribution is 0.103. The molecule has 1 fully saturated rings. The van der Waals surface area contributed by atoms with E-state index in [9.17, 15) is 18.5 Å². The third kappa shape index (κ3) is 4.23. The van der Waals surface area contributed by atoms with Crippen LogP contribution < -0.4 is 4.90 Å². The molecule has 4 rings (SSSR count). The summed E-state index contributed by atoms with van der Waals surface area (Å²) in [5, 5.41) is 10.2. The van der Waals surface area contributed by atoms with Gasteiger partial charge in [0.25, 0.3) is 10.0 Å². The smallest absolute Gasteiger partial charge is 0.268 e. The molecule has 0 unspecified atom stereocenters. The summed E-state index contributed by atoms with van der Waals surface area (Å²) in [7, 11) is -0.729. The van der Waals surface area contributed by atoms with Crippen LogP contribution in [0.1, 0.15) is 10.5 Å². The number of Topliss-reactive ketones (excluding diaryl/α,β-unsaturated/α-hetero) is 1. The number of aromatic nitrogens is 1. The van der Waals surface area contributed by atoms with E-state index in [4.69, 9.17) is 4.74 Å². The quantitative estimate of drug-likeness (QED) is 0.314. The molecule has 170 valence electrons. The van der Waals surface area contributed by atoms with Crippen LogP contribution in [0.3, 0.4) is 0 Å². The first kappa shape index (κ1) is 22.6. The number of carbonyl (C=O) groups excluding carboxylic acids is 1. The number of carbonyl (C=O) groups is 1. The number of nitriles is 1. The van der Waals surface area contributed by atoms with E-state index < -0.39 is 15.8 Å². The number of hydrogen-bond acceptors (Lipinski definition) is 7. The van der Waals surface area contributed by atoms with Gasteiger partial charge in [0.15, 0.2) is 0 Å². The fraction of sp³-hybridized carbons (Fsp3) is 0.250. The zero-order valence-corrected chi connectivity index (χ0v) is 19.2. The predicted octanol–water partition coefficient (Wildman–Crippen LogP) is 2.87. The summed E-state index contributed by atoms with van der Waals surface area (Å²) in [5.74, 6) is -0.658. The van der Waals surface area contributed by atoms with Gasteiger partial charge in [-0.05, 0) is 30.3 Å². The molecule has 9 heteroatoms. The molecule has 1 saturated heterocycles. The van der Waals surface area contributed by atoms with Gasteiger partial charge in [0.05, 0.1) is 23.6 Å². The molecule has 8 nitrogen and oxygen atoms in total. The van der Waals surface area contributed by atoms with E-state index in [0.717, 1.165) is 9.66 Å². The van der Waals surface area contributed by atoms with Gasteiger partial charge in [-0.15, -0.1) is 0 Å². The molecule has 2 heterocycles. The fourth-order valence-electron chi connectivity index (χ4n) is 3.92. The van der Waals surface area contributed by atoms with Crippen LogP contribution in [0.2, 0.25) is 0 Å². The Kier molecular flexibility index (Phi) is 6.22. The molecular weight excluding hydrogens is 440 g/mol. The second-order valence-electron chi connectivity index (χ2n) is 7.87. The number of rotatable bonds is 6. The lowest BCUT2D eigenvalue weighted by Crippen LogP contribution is -2.36. The summed E-state index contributed by atoms with van der Waals surface area (Å²) in [6, 6.07) is 16.8. The molecule has 0 spiro atoms. The summed E-state index contributed by atoms with van der Waals surface area (Å²) >= 11 is 0. The van der Waals surface area contributed by atoms with Crippen molar-refractivity contribution in [3.05, 3.63) is 72.1 Å². The van der Waals surface area contributed by atoms with Crippen molar-refractivity contribution in [2.45, 2.75) is 4.90 Å². The van der Waals surface area contributed by atoms with Crippen molar-refractivity contribution in [2.24, 2.45) is 0 Å². The van der Waals surface area contributed by atoms with Crippen LogP contribution in [0.4, 0.5) is 5.69 Å². The molecule has 1 aliphatic rings. The third-order valence-corrected chi connectivity index (χ3v) is 7.14. The Hall–Kier alpha value is -3.61. The van der Waals surface area contributed by atoms with Crippen LogP contribution in [0.15, 0.2) is 71.3 Å². The molecule has 2 aromatic carbocycles. The first-order valence-electron chi connectivity index (χ1n) is 10.5. The average molecular weight is 465 g/mol. The van der Waals surface area contributed by atoms with E-state index in [2.05, 4.69) is 4.90 Å². The van der Waals surface area contributed by atoms with Gasteiger partial charge in [-0.1, -0.05) is 24.3 Å². The maximum atomic E-state index is 13.7. The van der Waals surface area contributed by atoms with Crippen LogP contribution in [0.25, 0.3) is 10.9 Å². The number of fused-ring (bicyclic) bond motifs is 1. The van der Waals surface area contributed by atoms with Crippen molar-refractivity contribution >= 4 is 32.4 Å². The molecule has 0 atom stereocenters. The summed E-state index contributed by atoms with van der Waals surface area (Å²) in [6.45, 7) is 2.44. The van der Waals surface area contributed by atoms with E-state index in [1.807, 2.05) is 12.1 Å². The predicted molar refractivity (Wildman–Crippen MR) is 126 cm³/mol. The third-order valence-electron chi connectivity index (χ3n) is 5.40. The van der Waals surface area contributed by atoms with Crippen LogP contribution >= 0.6 is 0 Å². The molecule has 1 aliphatic heterocycles. The number of benzene rings is 2. The number of ketones is 1. The zero-order chi connectivity index (χ0) is 23.6. The second-order valence-corrected chi connectivity index (χ2v) is 9.66. The second kappa shape index (κ2) is 9.10. The lowest BCUT2D eigenvalue weighted by atomic mass is 10.1. The Labute approximate surface area is 192 Å². The Balaban J connectivity index is 2.01. The van der Waals surface area contributed by atoms with Gasteiger partial charge in [-0.25, -0.2) is 12.4 Å². The van der Waals surface area contributed by atoms with Gasteiger partial charge in [0, 0.05) is 44.5 Å². The highest BCUT2D eigenvalue weighted by Crippen LogP contribution is 2.34. The maximum absolute atomic E-state index is 13.7. The molecule has 0 radical (unpaired) electrons. The van der Waals surface area contributed by atoms with E-state index >= 15 is 0 Å². The minimum absolute atomic E-state index is 0.0587. The zero-order valence-electron chi connectivity index (χ0n) is 18.4. The van der Waals surface area contributed by atoms with Crippen molar-refractivity contribution in [3.8, 4) is 6.07 Å². The standard InChI is InChI=1S/C24H24N4O4S/c1-26(2)17-18(16-25)24(29)23-15-20-21(27-11-13-32-14-12-27)9-6-10-22(20)28(23)33(30,31)19-7-4-3-5-8-19/h3-10,15,17H,11-14H2,1-2H3. The Bertz CT molecular complexity index is 1360. The number of morpholine rings is 1. The Morgan fingerprint density at radius 3 is 2.42 bits per heavy atom. The topological polar surface area (TPSA) is 95.6 Å². The molecule has 1 aromatic heterocycles. The number of ether oxygens (including phenoxy) is 1. The Morgan fingerprint density at radius 2 is 1.79 bits per heavy atom. The van der Waals surface area contributed by atoms with E-state index in [1.165, 1.54) is 18.3 Å². The van der Waals surface area contributed by atoms with Gasteiger partial charge in [0.2, 0.25) is 5.78 Å². The number of hydrogen-bond donors (Lipinski definition) is 0. The van der Waals surface area contributed by atoms with E-state index in [0.29, 0.717) is 37.2 Å². The Morgan fingerprint density at radius 1 is 1.09 bits per heavy atom. The molecule has 0 aliphatic carbocycles. The lowest BCUT2D eigenvalue weighted by Gasteiger charge is -2.29. The summed E-state index contributed by atoms with van der Waals surface area (Å²) < 4.78 is 33.9.